The van der Waals surface area contributed by atoms with Gasteiger partial charge in [-0.15, -0.1) is 11.6 Å². The minimum absolute atomic E-state index is 0.479. The Kier molecular flexibility index (Phi) is 4.42. The zero-order valence-corrected chi connectivity index (χ0v) is 9.11. The smallest absolute Gasteiger partial charge is 0.0364 e. The highest BCUT2D eigenvalue weighted by Crippen LogP contribution is 2.35. The molecule has 0 heterocycles. The Morgan fingerprint density at radius 2 is 2.08 bits per heavy atom. The van der Waals surface area contributed by atoms with Crippen LogP contribution >= 0.6 is 11.6 Å². The number of unbranched alkanes of at least 4 members (excludes halogenated alkanes) is 1. The Morgan fingerprint density at radius 1 is 1.33 bits per heavy atom. The van der Waals surface area contributed by atoms with Crippen LogP contribution in [0.25, 0.3) is 0 Å². The van der Waals surface area contributed by atoms with Crippen molar-refractivity contribution in [3.8, 4) is 0 Å². The van der Waals surface area contributed by atoms with Gasteiger partial charge in [0.2, 0.25) is 0 Å². The summed E-state index contributed by atoms with van der Waals surface area (Å²) < 4.78 is 0. The molecule has 1 aliphatic rings. The lowest BCUT2D eigenvalue weighted by atomic mass is 9.80. The second kappa shape index (κ2) is 5.11. The molecule has 1 aliphatic carbocycles. The van der Waals surface area contributed by atoms with Crippen molar-refractivity contribution >= 4 is 11.6 Å². The average molecular weight is 189 g/mol. The van der Waals surface area contributed by atoms with Gasteiger partial charge < -0.3 is 0 Å². The maximum atomic E-state index is 6.28. The summed E-state index contributed by atoms with van der Waals surface area (Å²) >= 11 is 6.28. The van der Waals surface area contributed by atoms with E-state index in [0.29, 0.717) is 5.38 Å². The van der Waals surface area contributed by atoms with E-state index in [4.69, 9.17) is 11.6 Å². The standard InChI is InChI=1S/C11H21Cl/c1-3-4-5-10-8-9(2)6-7-11(10)12/h9-11H,3-8H2,1-2H3. The van der Waals surface area contributed by atoms with Crippen LogP contribution < -0.4 is 0 Å². The molecule has 0 N–H and O–H groups in total. The first-order valence-corrected chi connectivity index (χ1v) is 5.81. The Labute approximate surface area is 81.7 Å². The Balaban J connectivity index is 2.28. The van der Waals surface area contributed by atoms with Crippen molar-refractivity contribution in [2.24, 2.45) is 11.8 Å². The molecule has 0 bridgehead atoms. The van der Waals surface area contributed by atoms with Crippen LogP contribution in [-0.4, -0.2) is 5.38 Å². The lowest BCUT2D eigenvalue weighted by Crippen LogP contribution is -2.24. The molecular weight excluding hydrogens is 168 g/mol. The van der Waals surface area contributed by atoms with Crippen molar-refractivity contribution in [1.29, 1.82) is 0 Å². The molecule has 1 saturated carbocycles. The average Bonchev–Trinajstić information content (AvgIpc) is 2.07. The molecular formula is C11H21Cl. The van der Waals surface area contributed by atoms with Crippen LogP contribution in [0.1, 0.15) is 52.4 Å². The first-order chi connectivity index (χ1) is 5.74. The molecule has 1 fully saturated rings. The van der Waals surface area contributed by atoms with E-state index < -0.39 is 0 Å². The van der Waals surface area contributed by atoms with Gasteiger partial charge in [0.1, 0.15) is 0 Å². The molecule has 1 heteroatoms. The highest BCUT2D eigenvalue weighted by atomic mass is 35.5. The molecule has 72 valence electrons. The van der Waals surface area contributed by atoms with E-state index in [1.165, 1.54) is 38.5 Å². The van der Waals surface area contributed by atoms with Crippen LogP contribution in [0.15, 0.2) is 0 Å². The first-order valence-electron chi connectivity index (χ1n) is 5.38. The van der Waals surface area contributed by atoms with Gasteiger partial charge in [0.05, 0.1) is 0 Å². The van der Waals surface area contributed by atoms with E-state index in [2.05, 4.69) is 13.8 Å². The van der Waals surface area contributed by atoms with Crippen LogP contribution in [0.5, 0.6) is 0 Å². The normalized spacial score (nSPS) is 36.8. The van der Waals surface area contributed by atoms with Crippen molar-refractivity contribution in [2.45, 2.75) is 57.7 Å². The summed E-state index contributed by atoms with van der Waals surface area (Å²) in [5.41, 5.74) is 0. The van der Waals surface area contributed by atoms with Crippen LogP contribution in [0.4, 0.5) is 0 Å². The summed E-state index contributed by atoms with van der Waals surface area (Å²) in [6, 6.07) is 0. The van der Waals surface area contributed by atoms with Crippen LogP contribution in [0.2, 0.25) is 0 Å². The highest BCUT2D eigenvalue weighted by Gasteiger charge is 2.26. The molecule has 12 heavy (non-hydrogen) atoms. The molecule has 0 saturated heterocycles. The van der Waals surface area contributed by atoms with Crippen LogP contribution in [0.3, 0.4) is 0 Å². The fourth-order valence-electron chi connectivity index (χ4n) is 2.23. The topological polar surface area (TPSA) is 0 Å². The second-order valence-corrected chi connectivity index (χ2v) is 4.90. The molecule has 0 amide bonds. The predicted octanol–water partition coefficient (Wildman–Crippen LogP) is 4.22. The number of hydrogen-bond donors (Lipinski definition) is 0. The van der Waals surface area contributed by atoms with Crippen molar-refractivity contribution in [3.05, 3.63) is 0 Å². The molecule has 0 aromatic carbocycles. The van der Waals surface area contributed by atoms with Crippen molar-refractivity contribution in [1.82, 2.24) is 0 Å². The largest absolute Gasteiger partial charge is 0.123 e. The second-order valence-electron chi connectivity index (χ2n) is 4.34. The Morgan fingerprint density at radius 3 is 2.75 bits per heavy atom. The first kappa shape index (κ1) is 10.4. The van der Waals surface area contributed by atoms with Gasteiger partial charge in [-0.3, -0.25) is 0 Å². The third-order valence-electron chi connectivity index (χ3n) is 3.08. The van der Waals surface area contributed by atoms with Gasteiger partial charge in [0.15, 0.2) is 0 Å². The van der Waals surface area contributed by atoms with E-state index in [1.807, 2.05) is 0 Å². The lowest BCUT2D eigenvalue weighted by Gasteiger charge is -2.31. The molecule has 0 radical (unpaired) electrons. The van der Waals surface area contributed by atoms with E-state index in [9.17, 15) is 0 Å². The van der Waals surface area contributed by atoms with Crippen molar-refractivity contribution in [3.63, 3.8) is 0 Å². The predicted molar refractivity (Wildman–Crippen MR) is 55.7 cm³/mol. The quantitative estimate of drug-likeness (QED) is 0.582. The highest BCUT2D eigenvalue weighted by molar-refractivity contribution is 6.20. The zero-order valence-electron chi connectivity index (χ0n) is 8.35. The minimum Gasteiger partial charge on any atom is -0.123 e. The number of rotatable bonds is 3. The van der Waals surface area contributed by atoms with Crippen LogP contribution in [0, 0.1) is 11.8 Å². The third kappa shape index (κ3) is 2.97. The van der Waals surface area contributed by atoms with Gasteiger partial charge in [-0.2, -0.15) is 0 Å². The van der Waals surface area contributed by atoms with Gasteiger partial charge in [-0.05, 0) is 37.5 Å². The summed E-state index contributed by atoms with van der Waals surface area (Å²) in [4.78, 5) is 0. The minimum atomic E-state index is 0.479. The van der Waals surface area contributed by atoms with E-state index >= 15 is 0 Å². The van der Waals surface area contributed by atoms with Gasteiger partial charge in [-0.1, -0.05) is 26.7 Å². The zero-order chi connectivity index (χ0) is 8.97. The molecule has 0 aromatic heterocycles. The van der Waals surface area contributed by atoms with Crippen molar-refractivity contribution in [2.75, 3.05) is 0 Å². The molecule has 0 aromatic rings. The molecule has 3 unspecified atom stereocenters. The van der Waals surface area contributed by atoms with Gasteiger partial charge in [0.25, 0.3) is 0 Å². The van der Waals surface area contributed by atoms with E-state index in [0.717, 1.165) is 11.8 Å². The van der Waals surface area contributed by atoms with Gasteiger partial charge in [0, 0.05) is 5.38 Å². The lowest BCUT2D eigenvalue weighted by molar-refractivity contribution is 0.271. The fourth-order valence-corrected chi connectivity index (χ4v) is 2.58. The summed E-state index contributed by atoms with van der Waals surface area (Å²) in [6.45, 7) is 4.62. The summed E-state index contributed by atoms with van der Waals surface area (Å²) in [5, 5.41) is 0.479. The summed E-state index contributed by atoms with van der Waals surface area (Å²) in [5.74, 6) is 1.73. The molecule has 0 aliphatic heterocycles. The van der Waals surface area contributed by atoms with E-state index in [-0.39, 0.29) is 0 Å². The third-order valence-corrected chi connectivity index (χ3v) is 3.65. The summed E-state index contributed by atoms with van der Waals surface area (Å²) in [6.07, 6.45) is 7.99. The Bertz CT molecular complexity index is 122. The van der Waals surface area contributed by atoms with E-state index in [1.54, 1.807) is 0 Å². The number of halogens is 1. The molecule has 0 nitrogen and oxygen atoms in total. The fraction of sp³-hybridized carbons (Fsp3) is 1.00. The number of hydrogen-bond acceptors (Lipinski definition) is 0. The van der Waals surface area contributed by atoms with Crippen molar-refractivity contribution < 1.29 is 0 Å². The van der Waals surface area contributed by atoms with Gasteiger partial charge >= 0.3 is 0 Å². The number of alkyl halides is 1. The molecule has 3 atom stereocenters. The maximum Gasteiger partial charge on any atom is 0.0364 e. The molecule has 0 spiro atoms. The monoisotopic (exact) mass is 188 g/mol. The SMILES string of the molecule is CCCCC1CC(C)CCC1Cl. The summed E-state index contributed by atoms with van der Waals surface area (Å²) in [7, 11) is 0. The van der Waals surface area contributed by atoms with Crippen LogP contribution in [-0.2, 0) is 0 Å². The Hall–Kier alpha value is 0.290. The van der Waals surface area contributed by atoms with Gasteiger partial charge in [-0.25, -0.2) is 0 Å². The maximum absolute atomic E-state index is 6.28. The molecule has 1 rings (SSSR count).